The molecule has 0 aliphatic heterocycles. The van der Waals surface area contributed by atoms with Gasteiger partial charge in [0.1, 0.15) is 6.04 Å². The van der Waals surface area contributed by atoms with Crippen LogP contribution in [0.1, 0.15) is 42.1 Å². The Bertz CT molecular complexity index is 719. The molecule has 2 rings (SSSR count). The number of carbonyl (C=O) groups excluding carboxylic acids is 1. The van der Waals surface area contributed by atoms with Crippen LogP contribution in [-0.2, 0) is 4.79 Å². The molecule has 0 fully saturated rings. The summed E-state index contributed by atoms with van der Waals surface area (Å²) in [4.78, 5) is 12.6. The zero-order chi connectivity index (χ0) is 17.9. The van der Waals surface area contributed by atoms with Crippen molar-refractivity contribution in [3.8, 4) is 0 Å². The predicted octanol–water partition coefficient (Wildman–Crippen LogP) is 3.92. The molecule has 0 saturated carbocycles. The highest BCUT2D eigenvalue weighted by Gasteiger charge is 2.22. The molecule has 3 N–H and O–H groups in total. The number of hydrogen-bond acceptors (Lipinski definition) is 1. The van der Waals surface area contributed by atoms with Gasteiger partial charge in [-0.05, 0) is 51.8 Å². The molecule has 0 aliphatic rings. The largest absolute Gasteiger partial charge is 0.330 e. The summed E-state index contributed by atoms with van der Waals surface area (Å²) in [6.45, 7) is 10.1. The maximum Gasteiger partial charge on any atom is 0.282 e. The normalized spacial score (nSPS) is 13.4. The zero-order valence-corrected chi connectivity index (χ0v) is 15.7. The van der Waals surface area contributed by atoms with Crippen molar-refractivity contribution in [3.63, 3.8) is 0 Å². The average molecular weight is 346 g/mol. The number of benzene rings is 2. The maximum absolute atomic E-state index is 12.6. The standard InChI is InChI=1S/C20H25ClN2O/c1-12-10-13(2)19(14(3)11-12)23-20(24)16(5)22-15(4)17-8-6-7-9-18(17)21/h6-11,15-16,22H,1-5H3,(H,23,24)/p+1/t15-,16+/m0/s1. The van der Waals surface area contributed by atoms with E-state index >= 15 is 0 Å². The topological polar surface area (TPSA) is 45.7 Å². The number of nitrogens with two attached hydrogens (primary N) is 1. The molecule has 0 aliphatic carbocycles. The fraction of sp³-hybridized carbons (Fsp3) is 0.350. The van der Waals surface area contributed by atoms with Crippen molar-refractivity contribution < 1.29 is 10.1 Å². The molecule has 1 amide bonds. The summed E-state index contributed by atoms with van der Waals surface area (Å²) >= 11 is 6.25. The van der Waals surface area contributed by atoms with Gasteiger partial charge in [-0.3, -0.25) is 4.79 Å². The summed E-state index contributed by atoms with van der Waals surface area (Å²) in [7, 11) is 0. The van der Waals surface area contributed by atoms with E-state index in [0.29, 0.717) is 0 Å². The molecule has 2 aromatic rings. The molecule has 3 nitrogen and oxygen atoms in total. The second-order valence-electron chi connectivity index (χ2n) is 6.55. The van der Waals surface area contributed by atoms with Crippen molar-refractivity contribution in [3.05, 3.63) is 63.7 Å². The number of amides is 1. The number of anilines is 1. The highest BCUT2D eigenvalue weighted by atomic mass is 35.5. The van der Waals surface area contributed by atoms with Crippen LogP contribution in [0.5, 0.6) is 0 Å². The number of carbonyl (C=O) groups is 1. The van der Waals surface area contributed by atoms with E-state index in [0.717, 1.165) is 27.4 Å². The van der Waals surface area contributed by atoms with E-state index < -0.39 is 0 Å². The molecule has 128 valence electrons. The van der Waals surface area contributed by atoms with E-state index in [1.54, 1.807) is 0 Å². The van der Waals surface area contributed by atoms with Crippen LogP contribution in [-0.4, -0.2) is 11.9 Å². The number of halogens is 1. The molecule has 0 saturated heterocycles. The summed E-state index contributed by atoms with van der Waals surface area (Å²) in [6, 6.07) is 11.8. The van der Waals surface area contributed by atoms with Crippen LogP contribution in [0.15, 0.2) is 36.4 Å². The lowest BCUT2D eigenvalue weighted by atomic mass is 10.0. The number of hydrogen-bond donors (Lipinski definition) is 2. The van der Waals surface area contributed by atoms with Crippen molar-refractivity contribution in [2.75, 3.05) is 5.32 Å². The van der Waals surface area contributed by atoms with Gasteiger partial charge in [-0.15, -0.1) is 0 Å². The first-order valence-corrected chi connectivity index (χ1v) is 8.65. The third-order valence-electron chi connectivity index (χ3n) is 4.31. The summed E-state index contributed by atoms with van der Waals surface area (Å²) in [5, 5.41) is 5.85. The molecule has 0 radical (unpaired) electrons. The summed E-state index contributed by atoms with van der Waals surface area (Å²) in [5.74, 6) is 0.00366. The van der Waals surface area contributed by atoms with Gasteiger partial charge in [0, 0.05) is 16.3 Å². The van der Waals surface area contributed by atoms with Gasteiger partial charge in [0.05, 0.1) is 0 Å². The van der Waals surface area contributed by atoms with Crippen molar-refractivity contribution >= 4 is 23.2 Å². The van der Waals surface area contributed by atoms with Gasteiger partial charge in [0.2, 0.25) is 0 Å². The molecule has 0 bridgehead atoms. The smallest absolute Gasteiger partial charge is 0.282 e. The van der Waals surface area contributed by atoms with Crippen molar-refractivity contribution in [1.82, 2.24) is 0 Å². The molecule has 24 heavy (non-hydrogen) atoms. The Balaban J connectivity index is 2.07. The molecule has 0 heterocycles. The van der Waals surface area contributed by atoms with Gasteiger partial charge < -0.3 is 10.6 Å². The van der Waals surface area contributed by atoms with Gasteiger partial charge in [-0.1, -0.05) is 47.5 Å². The first-order chi connectivity index (χ1) is 11.3. The van der Waals surface area contributed by atoms with E-state index in [1.807, 2.05) is 50.4 Å². The number of nitrogens with one attached hydrogen (secondary N) is 1. The van der Waals surface area contributed by atoms with E-state index in [-0.39, 0.29) is 18.0 Å². The first-order valence-electron chi connectivity index (χ1n) is 8.27. The fourth-order valence-corrected chi connectivity index (χ4v) is 3.39. The van der Waals surface area contributed by atoms with Crippen LogP contribution in [0, 0.1) is 20.8 Å². The minimum Gasteiger partial charge on any atom is -0.330 e. The lowest BCUT2D eigenvalue weighted by Gasteiger charge is -2.19. The second-order valence-corrected chi connectivity index (χ2v) is 6.96. The van der Waals surface area contributed by atoms with Crippen LogP contribution in [0.4, 0.5) is 5.69 Å². The van der Waals surface area contributed by atoms with E-state index in [2.05, 4.69) is 31.3 Å². The summed E-state index contributed by atoms with van der Waals surface area (Å²) in [6.07, 6.45) is 0. The average Bonchev–Trinajstić information content (AvgIpc) is 2.50. The minimum atomic E-state index is -0.212. The monoisotopic (exact) mass is 345 g/mol. The van der Waals surface area contributed by atoms with Gasteiger partial charge in [-0.2, -0.15) is 0 Å². The summed E-state index contributed by atoms with van der Waals surface area (Å²) < 4.78 is 0. The first kappa shape index (κ1) is 18.5. The van der Waals surface area contributed by atoms with Crippen LogP contribution in [0.25, 0.3) is 0 Å². The molecule has 2 aromatic carbocycles. The number of aryl methyl sites for hydroxylation is 3. The van der Waals surface area contributed by atoms with Crippen LogP contribution < -0.4 is 10.6 Å². The quantitative estimate of drug-likeness (QED) is 0.847. The van der Waals surface area contributed by atoms with E-state index in [1.165, 1.54) is 5.56 Å². The third-order valence-corrected chi connectivity index (χ3v) is 4.66. The SMILES string of the molecule is Cc1cc(C)c(NC(=O)[C@@H](C)[NH2+][C@@H](C)c2ccccc2Cl)c(C)c1. The fourth-order valence-electron chi connectivity index (χ4n) is 3.08. The Kier molecular flexibility index (Phi) is 6.03. The van der Waals surface area contributed by atoms with E-state index in [4.69, 9.17) is 11.6 Å². The third kappa shape index (κ3) is 4.37. The Morgan fingerprint density at radius 1 is 1.08 bits per heavy atom. The molecule has 0 spiro atoms. The van der Waals surface area contributed by atoms with Gasteiger partial charge in [0.15, 0.2) is 6.04 Å². The van der Waals surface area contributed by atoms with Crippen molar-refractivity contribution in [2.45, 2.75) is 46.7 Å². The maximum atomic E-state index is 12.6. The lowest BCUT2D eigenvalue weighted by Crippen LogP contribution is -2.91. The number of rotatable bonds is 5. The molecular formula is C20H26ClN2O+. The second kappa shape index (κ2) is 7.82. The van der Waals surface area contributed by atoms with Gasteiger partial charge in [0.25, 0.3) is 5.91 Å². The molecule has 4 heteroatoms. The van der Waals surface area contributed by atoms with Crippen molar-refractivity contribution in [2.24, 2.45) is 0 Å². The lowest BCUT2D eigenvalue weighted by molar-refractivity contribution is -0.709. The number of quaternary nitrogens is 1. The zero-order valence-electron chi connectivity index (χ0n) is 15.0. The van der Waals surface area contributed by atoms with E-state index in [9.17, 15) is 4.79 Å². The van der Waals surface area contributed by atoms with Crippen LogP contribution in [0.2, 0.25) is 5.02 Å². The highest BCUT2D eigenvalue weighted by molar-refractivity contribution is 6.31. The molecule has 0 unspecified atom stereocenters. The Hall–Kier alpha value is -1.84. The Morgan fingerprint density at radius 3 is 2.25 bits per heavy atom. The van der Waals surface area contributed by atoms with Gasteiger partial charge in [-0.25, -0.2) is 0 Å². The Morgan fingerprint density at radius 2 is 1.67 bits per heavy atom. The van der Waals surface area contributed by atoms with Gasteiger partial charge >= 0.3 is 0 Å². The van der Waals surface area contributed by atoms with Crippen LogP contribution in [0.3, 0.4) is 0 Å². The molecular weight excluding hydrogens is 320 g/mol. The minimum absolute atomic E-state index is 0.00366. The highest BCUT2D eigenvalue weighted by Crippen LogP contribution is 2.22. The van der Waals surface area contributed by atoms with Crippen LogP contribution >= 0.6 is 11.6 Å². The molecule has 0 aromatic heterocycles. The molecule has 2 atom stereocenters. The Labute approximate surface area is 149 Å². The van der Waals surface area contributed by atoms with Crippen molar-refractivity contribution in [1.29, 1.82) is 0 Å². The summed E-state index contributed by atoms with van der Waals surface area (Å²) in [5.41, 5.74) is 5.34. The predicted molar refractivity (Wildman–Crippen MR) is 101 cm³/mol.